The third kappa shape index (κ3) is 12.0. The number of aliphatic hydroxyl groups excluding tert-OH is 1. The summed E-state index contributed by atoms with van der Waals surface area (Å²) in [5, 5.41) is 13.2. The van der Waals surface area contributed by atoms with E-state index in [4.69, 9.17) is 9.47 Å². The van der Waals surface area contributed by atoms with E-state index in [1.165, 1.54) is 6.08 Å². The Kier molecular flexibility index (Phi) is 12.7. The van der Waals surface area contributed by atoms with Gasteiger partial charge in [-0.1, -0.05) is 71.9 Å². The summed E-state index contributed by atoms with van der Waals surface area (Å²) in [6, 6.07) is 0. The molecule has 2 bridgehead atoms. The van der Waals surface area contributed by atoms with Crippen LogP contribution in [-0.4, -0.2) is 47.3 Å². The Labute approximate surface area is 220 Å². The van der Waals surface area contributed by atoms with Gasteiger partial charge in [-0.3, -0.25) is 14.4 Å². The van der Waals surface area contributed by atoms with Crippen molar-refractivity contribution < 1.29 is 29.0 Å². The lowest BCUT2D eigenvalue weighted by Crippen LogP contribution is -2.45. The number of fused-ring (bicyclic) bond motifs is 2. The van der Waals surface area contributed by atoms with Gasteiger partial charge in [-0.05, 0) is 46.1 Å². The first-order valence-electron chi connectivity index (χ1n) is 12.6. The maximum Gasteiger partial charge on any atom is 0.310 e. The van der Waals surface area contributed by atoms with E-state index >= 15 is 0 Å². The number of carbonyl (C=O) groups is 3. The molecule has 0 aliphatic carbocycles. The highest BCUT2D eigenvalue weighted by molar-refractivity contribution is 5.91. The van der Waals surface area contributed by atoms with Crippen LogP contribution in [0.4, 0.5) is 0 Å². The third-order valence-electron chi connectivity index (χ3n) is 5.80. The Balaban J connectivity index is 2.26. The minimum absolute atomic E-state index is 0.000778. The average Bonchev–Trinajstić information content (AvgIpc) is 2.80. The van der Waals surface area contributed by atoms with Crippen molar-refractivity contribution >= 4 is 17.7 Å². The summed E-state index contributed by atoms with van der Waals surface area (Å²) in [6.45, 7) is 9.68. The van der Waals surface area contributed by atoms with Gasteiger partial charge in [-0.15, -0.1) is 0 Å². The van der Waals surface area contributed by atoms with Crippen molar-refractivity contribution in [1.82, 2.24) is 5.32 Å². The first-order valence-corrected chi connectivity index (χ1v) is 12.6. The van der Waals surface area contributed by atoms with Crippen LogP contribution in [0, 0.1) is 0 Å². The van der Waals surface area contributed by atoms with E-state index in [-0.39, 0.29) is 37.3 Å². The molecule has 4 atom stereocenters. The zero-order valence-electron chi connectivity index (χ0n) is 22.0. The second kappa shape index (κ2) is 15.7. The molecule has 0 aromatic heterocycles. The third-order valence-corrected chi connectivity index (χ3v) is 5.80. The first kappa shape index (κ1) is 29.9. The van der Waals surface area contributed by atoms with Gasteiger partial charge < -0.3 is 19.9 Å². The van der Waals surface area contributed by atoms with E-state index in [1.807, 2.05) is 32.9 Å². The molecule has 0 spiro atoms. The summed E-state index contributed by atoms with van der Waals surface area (Å²) in [5.74, 6) is -1.05. The van der Waals surface area contributed by atoms with Gasteiger partial charge in [0, 0.05) is 18.9 Å². The number of cyclic esters (lactones) is 1. The lowest BCUT2D eigenvalue weighted by Gasteiger charge is -2.30. The summed E-state index contributed by atoms with van der Waals surface area (Å²) >= 11 is 0. The molecule has 0 unspecified atom stereocenters. The van der Waals surface area contributed by atoms with Crippen molar-refractivity contribution in [2.24, 2.45) is 0 Å². The van der Waals surface area contributed by atoms with Gasteiger partial charge in [-0.25, -0.2) is 0 Å². The van der Waals surface area contributed by atoms with Crippen LogP contribution in [-0.2, 0) is 23.9 Å². The molecule has 1 amide bonds. The Morgan fingerprint density at radius 2 is 1.95 bits per heavy atom. The maximum absolute atomic E-state index is 12.5. The lowest BCUT2D eigenvalue weighted by atomic mass is 9.95. The molecule has 2 aliphatic heterocycles. The van der Waals surface area contributed by atoms with Gasteiger partial charge in [0.1, 0.15) is 6.10 Å². The van der Waals surface area contributed by atoms with E-state index in [0.29, 0.717) is 12.8 Å². The number of aliphatic hydroxyl groups is 1. The standard InChI is InChI=1S/C30H39NO6/c1-5-6-7-14-28(33)31-30(35)27-20-23(4)19-26-18-22(3)17-25(36-26)13-10-12-24(32)16-21(2)11-8-9-15-29(34)37-27/h5-12,14,19,25-27,30,35H,3,13,15-18,20H2,1-2,4H3,(H,31,33)/b6-5+,9-8+,12-10-,14-7-,21-11-,23-19+/t25-,26-,27-,30-/m0/s1. The first-order chi connectivity index (χ1) is 17.7. The Morgan fingerprint density at radius 1 is 1.16 bits per heavy atom. The zero-order valence-corrected chi connectivity index (χ0v) is 22.0. The Morgan fingerprint density at radius 3 is 2.70 bits per heavy atom. The maximum atomic E-state index is 12.5. The van der Waals surface area contributed by atoms with Crippen LogP contribution in [0.3, 0.4) is 0 Å². The van der Waals surface area contributed by atoms with Crippen LogP contribution >= 0.6 is 0 Å². The molecule has 2 rings (SSSR count). The van der Waals surface area contributed by atoms with Gasteiger partial charge >= 0.3 is 5.97 Å². The number of carbonyl (C=O) groups excluding carboxylic acids is 3. The molecule has 1 saturated heterocycles. The fraction of sp³-hybridized carbons (Fsp3) is 0.433. The molecule has 7 heteroatoms. The Hall–Kier alpha value is -3.29. The summed E-state index contributed by atoms with van der Waals surface area (Å²) in [6.07, 6.45) is 16.5. The van der Waals surface area contributed by atoms with Crippen molar-refractivity contribution in [3.05, 3.63) is 84.1 Å². The molecular formula is C30H39NO6. The summed E-state index contributed by atoms with van der Waals surface area (Å²) in [4.78, 5) is 37.0. The van der Waals surface area contributed by atoms with Crippen LogP contribution in [0.5, 0.6) is 0 Å². The predicted octanol–water partition coefficient (Wildman–Crippen LogP) is 4.72. The number of esters is 1. The number of nitrogens with one attached hydrogen (secondary N) is 1. The highest BCUT2D eigenvalue weighted by Crippen LogP contribution is 2.27. The highest BCUT2D eigenvalue weighted by atomic mass is 16.6. The number of hydrogen-bond donors (Lipinski definition) is 2. The van der Waals surface area contributed by atoms with Crippen molar-refractivity contribution in [2.45, 2.75) is 83.8 Å². The molecule has 7 nitrogen and oxygen atoms in total. The predicted molar refractivity (Wildman–Crippen MR) is 144 cm³/mol. The topological polar surface area (TPSA) is 102 Å². The molecule has 0 radical (unpaired) electrons. The number of ketones is 1. The summed E-state index contributed by atoms with van der Waals surface area (Å²) < 4.78 is 11.8. The van der Waals surface area contributed by atoms with Gasteiger partial charge in [0.2, 0.25) is 5.91 Å². The lowest BCUT2D eigenvalue weighted by molar-refractivity contribution is -0.156. The van der Waals surface area contributed by atoms with Crippen molar-refractivity contribution in [3.8, 4) is 0 Å². The minimum Gasteiger partial charge on any atom is -0.457 e. The second-order valence-corrected chi connectivity index (χ2v) is 9.47. The van der Waals surface area contributed by atoms with E-state index in [1.54, 1.807) is 42.5 Å². The fourth-order valence-corrected chi connectivity index (χ4v) is 4.09. The number of rotatable bonds is 4. The van der Waals surface area contributed by atoms with Crippen LogP contribution < -0.4 is 5.32 Å². The van der Waals surface area contributed by atoms with Crippen LogP contribution in [0.15, 0.2) is 84.1 Å². The van der Waals surface area contributed by atoms with Gasteiger partial charge in [0.15, 0.2) is 12.0 Å². The quantitative estimate of drug-likeness (QED) is 0.187. The largest absolute Gasteiger partial charge is 0.457 e. The van der Waals surface area contributed by atoms with Crippen LogP contribution in [0.2, 0.25) is 0 Å². The molecule has 2 aliphatic rings. The van der Waals surface area contributed by atoms with Gasteiger partial charge in [-0.2, -0.15) is 0 Å². The SMILES string of the molecule is C=C1C[C@@H]2C/C=C\C(=O)C/C(C)=C\C=C\CC(=O)O[C@H]([C@H](O)NC(=O)/C=C\C=C\C)C/C(C)=C/[C@H](C1)O2. The number of allylic oxidation sites excluding steroid dienone is 7. The van der Waals surface area contributed by atoms with Gasteiger partial charge in [0.05, 0.1) is 18.6 Å². The van der Waals surface area contributed by atoms with Crippen molar-refractivity contribution in [2.75, 3.05) is 0 Å². The average molecular weight is 510 g/mol. The summed E-state index contributed by atoms with van der Waals surface area (Å²) in [5.41, 5.74) is 2.76. The number of ether oxygens (including phenoxy) is 2. The molecule has 2 N–H and O–H groups in total. The van der Waals surface area contributed by atoms with Crippen LogP contribution in [0.1, 0.15) is 59.3 Å². The Bertz CT molecular complexity index is 1010. The highest BCUT2D eigenvalue weighted by Gasteiger charge is 2.27. The van der Waals surface area contributed by atoms with E-state index in [2.05, 4.69) is 11.9 Å². The van der Waals surface area contributed by atoms with Crippen molar-refractivity contribution in [3.63, 3.8) is 0 Å². The van der Waals surface area contributed by atoms with Crippen molar-refractivity contribution in [1.29, 1.82) is 0 Å². The molecule has 1 fully saturated rings. The van der Waals surface area contributed by atoms with Gasteiger partial charge in [0.25, 0.3) is 0 Å². The fourth-order valence-electron chi connectivity index (χ4n) is 4.09. The summed E-state index contributed by atoms with van der Waals surface area (Å²) in [7, 11) is 0. The van der Waals surface area contributed by atoms with E-state index in [0.717, 1.165) is 23.1 Å². The molecule has 2 heterocycles. The normalized spacial score (nSPS) is 30.2. The molecule has 37 heavy (non-hydrogen) atoms. The molecule has 0 aromatic carbocycles. The smallest absolute Gasteiger partial charge is 0.310 e. The van der Waals surface area contributed by atoms with E-state index < -0.39 is 24.2 Å². The molecular weight excluding hydrogens is 470 g/mol. The molecule has 200 valence electrons. The number of amides is 1. The molecule has 0 aromatic rings. The number of hydrogen-bond acceptors (Lipinski definition) is 6. The second-order valence-electron chi connectivity index (χ2n) is 9.47. The van der Waals surface area contributed by atoms with E-state index in [9.17, 15) is 19.5 Å². The molecule has 0 saturated carbocycles. The zero-order chi connectivity index (χ0) is 27.2. The monoisotopic (exact) mass is 509 g/mol. The van der Waals surface area contributed by atoms with Crippen LogP contribution in [0.25, 0.3) is 0 Å². The minimum atomic E-state index is -1.40.